The van der Waals surface area contributed by atoms with E-state index >= 15 is 0 Å². The van der Waals surface area contributed by atoms with Crippen LogP contribution in [0.1, 0.15) is 23.6 Å². The van der Waals surface area contributed by atoms with Crippen molar-refractivity contribution in [3.63, 3.8) is 0 Å². The monoisotopic (exact) mass is 350 g/mol. The second-order valence-corrected chi connectivity index (χ2v) is 6.68. The van der Waals surface area contributed by atoms with Crippen molar-refractivity contribution < 1.29 is 4.79 Å². The van der Waals surface area contributed by atoms with E-state index in [1.54, 1.807) is 0 Å². The van der Waals surface area contributed by atoms with Gasteiger partial charge in [-0.1, -0.05) is 18.2 Å². The van der Waals surface area contributed by atoms with Gasteiger partial charge in [0.25, 0.3) is 0 Å². The molecule has 1 aliphatic rings. The third-order valence-electron chi connectivity index (χ3n) is 4.87. The molecule has 7 heteroatoms. The second kappa shape index (κ2) is 7.11. The van der Waals surface area contributed by atoms with Crippen LogP contribution in [-0.4, -0.2) is 37.0 Å². The number of aromatic nitrogens is 5. The summed E-state index contributed by atoms with van der Waals surface area (Å²) in [6, 6.07) is 10.00. The van der Waals surface area contributed by atoms with E-state index in [9.17, 15) is 4.79 Å². The first-order valence-corrected chi connectivity index (χ1v) is 8.96. The fourth-order valence-corrected chi connectivity index (χ4v) is 3.36. The average molecular weight is 350 g/mol. The first-order valence-electron chi connectivity index (χ1n) is 8.96. The Hall–Kier alpha value is -2.96. The summed E-state index contributed by atoms with van der Waals surface area (Å²) in [6.45, 7) is 3.22. The second-order valence-electron chi connectivity index (χ2n) is 6.68. The van der Waals surface area contributed by atoms with E-state index in [0.29, 0.717) is 13.1 Å². The van der Waals surface area contributed by atoms with Gasteiger partial charge < -0.3 is 9.88 Å². The van der Waals surface area contributed by atoms with E-state index in [1.165, 1.54) is 0 Å². The number of carbonyl (C=O) groups is 1. The Morgan fingerprint density at radius 1 is 1.27 bits per heavy atom. The quantitative estimate of drug-likeness (QED) is 0.760. The molecule has 0 spiro atoms. The molecule has 1 N–H and O–H groups in total. The Labute approximate surface area is 152 Å². The molecule has 0 aliphatic carbocycles. The van der Waals surface area contributed by atoms with Gasteiger partial charge in [-0.2, -0.15) is 5.10 Å². The Kier molecular flexibility index (Phi) is 4.51. The zero-order chi connectivity index (χ0) is 17.9. The highest BCUT2D eigenvalue weighted by molar-refractivity contribution is 5.78. The normalized spacial score (nSPS) is 16.3. The summed E-state index contributed by atoms with van der Waals surface area (Å²) in [7, 11) is 0. The zero-order valence-corrected chi connectivity index (χ0v) is 14.8. The third kappa shape index (κ3) is 3.37. The van der Waals surface area contributed by atoms with E-state index in [0.717, 1.165) is 42.2 Å². The van der Waals surface area contributed by atoms with Crippen LogP contribution < -0.4 is 5.32 Å². The van der Waals surface area contributed by atoms with Crippen molar-refractivity contribution in [1.82, 2.24) is 29.9 Å². The van der Waals surface area contributed by atoms with Crippen molar-refractivity contribution >= 4 is 5.91 Å². The number of carbonyl (C=O) groups excluding carboxylic acids is 1. The van der Waals surface area contributed by atoms with E-state index in [4.69, 9.17) is 0 Å². The summed E-state index contributed by atoms with van der Waals surface area (Å²) in [4.78, 5) is 12.5. The number of benzene rings is 1. The minimum Gasteiger partial charge on any atom is -0.355 e. The molecule has 134 valence electrons. The third-order valence-corrected chi connectivity index (χ3v) is 4.87. The number of hydrogen-bond acceptors (Lipinski definition) is 4. The number of amides is 1. The first-order chi connectivity index (χ1) is 12.7. The Morgan fingerprint density at radius 3 is 2.96 bits per heavy atom. The molecule has 4 rings (SSSR count). The zero-order valence-electron chi connectivity index (χ0n) is 14.8. The molecule has 7 nitrogen and oxygen atoms in total. The number of rotatable bonds is 5. The highest BCUT2D eigenvalue weighted by atomic mass is 16.1. The Morgan fingerprint density at radius 2 is 2.12 bits per heavy atom. The molecule has 3 aromatic rings. The molecule has 3 heterocycles. The van der Waals surface area contributed by atoms with Crippen molar-refractivity contribution in [3.05, 3.63) is 59.9 Å². The van der Waals surface area contributed by atoms with Crippen molar-refractivity contribution in [3.8, 4) is 5.69 Å². The van der Waals surface area contributed by atoms with Gasteiger partial charge in [0.15, 0.2) is 0 Å². The maximum absolute atomic E-state index is 12.5. The molecule has 0 saturated heterocycles. The summed E-state index contributed by atoms with van der Waals surface area (Å²) in [6.07, 6.45) is 6.27. The lowest BCUT2D eigenvalue weighted by Gasteiger charge is -2.23. The molecule has 1 amide bonds. The Balaban J connectivity index is 1.29. The lowest BCUT2D eigenvalue weighted by Crippen LogP contribution is -2.37. The predicted octanol–water partition coefficient (Wildman–Crippen LogP) is 1.69. The fraction of sp³-hybridized carbons (Fsp3) is 0.368. The molecule has 0 radical (unpaired) electrons. The predicted molar refractivity (Wildman–Crippen MR) is 96.8 cm³/mol. The molecule has 1 atom stereocenters. The van der Waals surface area contributed by atoms with Gasteiger partial charge >= 0.3 is 0 Å². The van der Waals surface area contributed by atoms with Crippen LogP contribution in [0.15, 0.2) is 42.7 Å². The molecule has 2 aromatic heterocycles. The van der Waals surface area contributed by atoms with Crippen LogP contribution in [-0.2, 0) is 24.2 Å². The number of aryl methyl sites for hydroxylation is 2. The van der Waals surface area contributed by atoms with Crippen LogP contribution in [0.25, 0.3) is 5.69 Å². The van der Waals surface area contributed by atoms with E-state index in [2.05, 4.69) is 25.2 Å². The lowest BCUT2D eigenvalue weighted by molar-refractivity contribution is -0.125. The van der Waals surface area contributed by atoms with Crippen LogP contribution in [0.2, 0.25) is 0 Å². The van der Waals surface area contributed by atoms with Gasteiger partial charge in [-0.25, -0.2) is 4.68 Å². The first kappa shape index (κ1) is 16.5. The van der Waals surface area contributed by atoms with Crippen LogP contribution >= 0.6 is 0 Å². The molecule has 1 aliphatic heterocycles. The molecule has 26 heavy (non-hydrogen) atoms. The van der Waals surface area contributed by atoms with Crippen LogP contribution in [0.3, 0.4) is 0 Å². The molecule has 1 aromatic carbocycles. The van der Waals surface area contributed by atoms with Gasteiger partial charge in [0, 0.05) is 25.7 Å². The smallest absolute Gasteiger partial charge is 0.224 e. The standard InChI is InChI=1S/C19H22N6O/c1-14-22-23-18-8-7-16(13-24(14)18)19(26)20-10-9-15-11-21-25(12-15)17-5-3-2-4-6-17/h2-6,11-12,16H,7-10,13H2,1H3,(H,20,26)/t16-/m0/s1. The topological polar surface area (TPSA) is 77.6 Å². The van der Waals surface area contributed by atoms with Crippen LogP contribution in [0, 0.1) is 12.8 Å². The van der Waals surface area contributed by atoms with Crippen molar-refractivity contribution in [2.24, 2.45) is 5.92 Å². The Bertz CT molecular complexity index is 898. The van der Waals surface area contributed by atoms with E-state index in [-0.39, 0.29) is 11.8 Å². The van der Waals surface area contributed by atoms with Crippen molar-refractivity contribution in [2.45, 2.75) is 32.7 Å². The maximum atomic E-state index is 12.5. The van der Waals surface area contributed by atoms with Crippen LogP contribution in [0.4, 0.5) is 0 Å². The number of hydrogen-bond donors (Lipinski definition) is 1. The molecule has 0 bridgehead atoms. The van der Waals surface area contributed by atoms with Gasteiger partial charge in [0.1, 0.15) is 11.6 Å². The minimum atomic E-state index is -0.00996. The van der Waals surface area contributed by atoms with Crippen molar-refractivity contribution in [1.29, 1.82) is 0 Å². The molecular formula is C19H22N6O. The summed E-state index contributed by atoms with van der Waals surface area (Å²) >= 11 is 0. The summed E-state index contributed by atoms with van der Waals surface area (Å²) < 4.78 is 3.91. The molecule has 0 unspecified atom stereocenters. The molecule has 0 saturated carbocycles. The number of para-hydroxylation sites is 1. The maximum Gasteiger partial charge on any atom is 0.224 e. The van der Waals surface area contributed by atoms with E-state index in [1.807, 2.05) is 54.3 Å². The number of fused-ring (bicyclic) bond motifs is 1. The van der Waals surface area contributed by atoms with Gasteiger partial charge in [-0.3, -0.25) is 4.79 Å². The highest BCUT2D eigenvalue weighted by Gasteiger charge is 2.26. The number of nitrogens with zero attached hydrogens (tertiary/aromatic N) is 5. The fourth-order valence-electron chi connectivity index (χ4n) is 3.36. The lowest BCUT2D eigenvalue weighted by atomic mass is 9.98. The average Bonchev–Trinajstić information content (AvgIpc) is 3.29. The van der Waals surface area contributed by atoms with Crippen molar-refractivity contribution in [2.75, 3.05) is 6.54 Å². The number of nitrogens with one attached hydrogen (secondary N) is 1. The van der Waals surface area contributed by atoms with Gasteiger partial charge in [-0.05, 0) is 37.5 Å². The van der Waals surface area contributed by atoms with Gasteiger partial charge in [0.05, 0.1) is 17.8 Å². The SMILES string of the molecule is Cc1nnc2n1C[C@@H](C(=O)NCCc1cnn(-c3ccccc3)c1)CC2. The molecule has 0 fully saturated rings. The summed E-state index contributed by atoms with van der Waals surface area (Å²) in [5.41, 5.74) is 2.14. The van der Waals surface area contributed by atoms with Crippen LogP contribution in [0.5, 0.6) is 0 Å². The summed E-state index contributed by atoms with van der Waals surface area (Å²) in [5, 5.41) is 15.7. The van der Waals surface area contributed by atoms with Gasteiger partial charge in [0.2, 0.25) is 5.91 Å². The van der Waals surface area contributed by atoms with Gasteiger partial charge in [-0.15, -0.1) is 10.2 Å². The molecular weight excluding hydrogens is 328 g/mol. The highest BCUT2D eigenvalue weighted by Crippen LogP contribution is 2.20. The minimum absolute atomic E-state index is 0.00996. The summed E-state index contributed by atoms with van der Waals surface area (Å²) in [5.74, 6) is 1.97. The largest absolute Gasteiger partial charge is 0.355 e. The van der Waals surface area contributed by atoms with E-state index < -0.39 is 0 Å².